The second-order valence-electron chi connectivity index (χ2n) is 10.4. The van der Waals surface area contributed by atoms with E-state index in [-0.39, 0.29) is 12.6 Å². The fourth-order valence-electron chi connectivity index (χ4n) is 5.40. The minimum atomic E-state index is -0.840. The number of benzene rings is 3. The summed E-state index contributed by atoms with van der Waals surface area (Å²) < 4.78 is 24.0. The van der Waals surface area contributed by atoms with Crippen molar-refractivity contribution < 1.29 is 28.2 Å². The van der Waals surface area contributed by atoms with Crippen molar-refractivity contribution in [2.45, 2.75) is 38.3 Å². The molecule has 1 saturated heterocycles. The molecule has 3 aromatic carbocycles. The summed E-state index contributed by atoms with van der Waals surface area (Å²) in [7, 11) is 1.49. The molecule has 0 saturated carbocycles. The topological polar surface area (TPSA) is 91.1 Å². The molecule has 1 aliphatic heterocycles. The molecule has 3 heterocycles. The fraction of sp³-hybridized carbons (Fsp3) is 0.265. The number of ether oxygens (including phenoxy) is 3. The van der Waals surface area contributed by atoms with Crippen LogP contribution in [0.4, 0.5) is 4.79 Å². The number of aryl methyl sites for hydroxylation is 1. The molecule has 0 aliphatic carbocycles. The predicted molar refractivity (Wildman–Crippen MR) is 164 cm³/mol. The van der Waals surface area contributed by atoms with Crippen molar-refractivity contribution >= 4 is 33.4 Å². The standard InChI is InChI=1S/C34H32N2O6S/c1-22-28(35-32(42-22)24-11-7-4-8-12-24)15-17-40-29-14-13-25(27-16-18-43-31(27)29)20-30(39-2)33(37)36-26(21-41-34(36)38)19-23-9-5-3-6-10-23/h3-14,16,18,26,30H,15,17,19-21H2,1-2H3/t26-,30?/m0/s1. The van der Waals surface area contributed by atoms with Gasteiger partial charge in [-0.15, -0.1) is 11.3 Å². The van der Waals surface area contributed by atoms with E-state index in [1.807, 2.05) is 91.2 Å². The van der Waals surface area contributed by atoms with Gasteiger partial charge in [0.25, 0.3) is 5.91 Å². The first-order valence-electron chi connectivity index (χ1n) is 14.2. The minimum Gasteiger partial charge on any atom is -0.492 e. The highest BCUT2D eigenvalue weighted by Gasteiger charge is 2.41. The number of nitrogens with zero attached hydrogens (tertiary/aromatic N) is 2. The summed E-state index contributed by atoms with van der Waals surface area (Å²) in [6.45, 7) is 2.52. The molecule has 220 valence electrons. The molecule has 0 spiro atoms. The fourth-order valence-corrected chi connectivity index (χ4v) is 6.31. The Bertz CT molecular complexity index is 1720. The molecule has 2 aromatic heterocycles. The molecule has 2 amide bonds. The molecule has 1 unspecified atom stereocenters. The van der Waals surface area contributed by atoms with Crippen LogP contribution in [0.15, 0.2) is 88.7 Å². The molecule has 2 atom stereocenters. The molecule has 5 aromatic rings. The number of rotatable bonds is 11. The van der Waals surface area contributed by atoms with E-state index in [0.29, 0.717) is 31.8 Å². The average Bonchev–Trinajstić information content (AvgIpc) is 3.76. The third kappa shape index (κ3) is 6.18. The number of carbonyl (C=O) groups is 2. The van der Waals surface area contributed by atoms with Crippen LogP contribution in [0, 0.1) is 6.92 Å². The van der Waals surface area contributed by atoms with Gasteiger partial charge < -0.3 is 18.6 Å². The quantitative estimate of drug-likeness (QED) is 0.169. The van der Waals surface area contributed by atoms with Crippen LogP contribution in [0.25, 0.3) is 21.5 Å². The lowest BCUT2D eigenvalue weighted by Gasteiger charge is -2.24. The molecule has 1 aliphatic rings. The van der Waals surface area contributed by atoms with E-state index in [0.717, 1.165) is 44.0 Å². The van der Waals surface area contributed by atoms with Crippen LogP contribution in [0.2, 0.25) is 0 Å². The van der Waals surface area contributed by atoms with Crippen LogP contribution < -0.4 is 4.74 Å². The Labute approximate surface area is 253 Å². The van der Waals surface area contributed by atoms with Crippen molar-refractivity contribution in [1.29, 1.82) is 0 Å². The van der Waals surface area contributed by atoms with Crippen molar-refractivity contribution in [1.82, 2.24) is 9.88 Å². The van der Waals surface area contributed by atoms with Crippen LogP contribution in [0.1, 0.15) is 22.6 Å². The normalized spacial score (nSPS) is 15.5. The first kappa shape index (κ1) is 28.6. The van der Waals surface area contributed by atoms with E-state index in [9.17, 15) is 9.59 Å². The minimum absolute atomic E-state index is 0.165. The highest BCUT2D eigenvalue weighted by Crippen LogP contribution is 2.35. The van der Waals surface area contributed by atoms with Gasteiger partial charge in [-0.2, -0.15) is 0 Å². The second-order valence-corrected chi connectivity index (χ2v) is 11.3. The molecule has 0 N–H and O–H groups in total. The number of hydrogen-bond acceptors (Lipinski definition) is 8. The summed E-state index contributed by atoms with van der Waals surface area (Å²) in [6, 6.07) is 25.1. The lowest BCUT2D eigenvalue weighted by Crippen LogP contribution is -2.47. The summed E-state index contributed by atoms with van der Waals surface area (Å²) in [6.07, 6.45) is -0.0294. The molecule has 0 bridgehead atoms. The number of amides is 2. The van der Waals surface area contributed by atoms with Crippen molar-refractivity contribution in [2.75, 3.05) is 20.3 Å². The number of oxazole rings is 1. The van der Waals surface area contributed by atoms with E-state index in [4.69, 9.17) is 18.6 Å². The summed E-state index contributed by atoms with van der Waals surface area (Å²) in [5, 5.41) is 3.00. The number of imide groups is 1. The molecular weight excluding hydrogens is 564 g/mol. The maximum Gasteiger partial charge on any atom is 0.417 e. The number of fused-ring (bicyclic) bond motifs is 1. The number of aromatic nitrogens is 1. The molecule has 0 radical (unpaired) electrons. The SMILES string of the molecule is COC(Cc1ccc(OCCc2nc(-c3ccccc3)oc2C)c2sccc12)C(=O)N1C(=O)OC[C@@H]1Cc1ccccc1. The van der Waals surface area contributed by atoms with Crippen molar-refractivity contribution in [2.24, 2.45) is 0 Å². The highest BCUT2D eigenvalue weighted by molar-refractivity contribution is 7.17. The highest BCUT2D eigenvalue weighted by atomic mass is 32.1. The second kappa shape index (κ2) is 12.8. The van der Waals surface area contributed by atoms with Crippen molar-refractivity contribution in [3.63, 3.8) is 0 Å². The lowest BCUT2D eigenvalue weighted by atomic mass is 10.0. The Morgan fingerprint density at radius 2 is 1.84 bits per heavy atom. The van der Waals surface area contributed by atoms with E-state index in [1.165, 1.54) is 12.0 Å². The number of methoxy groups -OCH3 is 1. The Morgan fingerprint density at radius 3 is 2.60 bits per heavy atom. The third-order valence-electron chi connectivity index (χ3n) is 7.66. The van der Waals surface area contributed by atoms with Gasteiger partial charge in [-0.1, -0.05) is 54.6 Å². The average molecular weight is 597 g/mol. The van der Waals surface area contributed by atoms with E-state index in [2.05, 4.69) is 4.98 Å². The molecule has 43 heavy (non-hydrogen) atoms. The Hall–Kier alpha value is -4.47. The van der Waals surface area contributed by atoms with Gasteiger partial charge in [-0.25, -0.2) is 14.7 Å². The first-order valence-corrected chi connectivity index (χ1v) is 15.1. The van der Waals surface area contributed by atoms with Gasteiger partial charge in [-0.3, -0.25) is 4.79 Å². The molecule has 1 fully saturated rings. The van der Waals surface area contributed by atoms with Crippen LogP contribution >= 0.6 is 11.3 Å². The van der Waals surface area contributed by atoms with Gasteiger partial charge in [0.05, 0.1) is 23.0 Å². The predicted octanol–water partition coefficient (Wildman–Crippen LogP) is 6.63. The molecular formula is C34H32N2O6S. The maximum atomic E-state index is 13.6. The number of thiophene rings is 1. The van der Waals surface area contributed by atoms with E-state index >= 15 is 0 Å². The van der Waals surface area contributed by atoms with Crippen LogP contribution in [-0.2, 0) is 33.5 Å². The Kier molecular flexibility index (Phi) is 8.53. The lowest BCUT2D eigenvalue weighted by molar-refractivity contribution is -0.139. The smallest absolute Gasteiger partial charge is 0.417 e. The van der Waals surface area contributed by atoms with E-state index in [1.54, 1.807) is 11.3 Å². The van der Waals surface area contributed by atoms with Gasteiger partial charge in [-0.05, 0) is 59.5 Å². The molecule has 9 heteroatoms. The maximum absolute atomic E-state index is 13.6. The molecule has 6 rings (SSSR count). The molecule has 8 nitrogen and oxygen atoms in total. The van der Waals surface area contributed by atoms with Crippen LogP contribution in [-0.4, -0.2) is 54.4 Å². The van der Waals surface area contributed by atoms with Crippen molar-refractivity contribution in [3.05, 3.63) is 107 Å². The van der Waals surface area contributed by atoms with Crippen LogP contribution in [0.3, 0.4) is 0 Å². The summed E-state index contributed by atoms with van der Waals surface area (Å²) in [5.41, 5.74) is 3.78. The summed E-state index contributed by atoms with van der Waals surface area (Å²) in [5.74, 6) is 1.76. The Morgan fingerprint density at radius 1 is 1.07 bits per heavy atom. The zero-order chi connectivity index (χ0) is 29.8. The van der Waals surface area contributed by atoms with Crippen LogP contribution in [0.5, 0.6) is 5.75 Å². The summed E-state index contributed by atoms with van der Waals surface area (Å²) in [4.78, 5) is 32.1. The number of carbonyl (C=O) groups excluding carboxylic acids is 2. The van der Waals surface area contributed by atoms with Gasteiger partial charge in [0, 0.05) is 25.5 Å². The van der Waals surface area contributed by atoms with E-state index < -0.39 is 18.1 Å². The van der Waals surface area contributed by atoms with Crippen molar-refractivity contribution in [3.8, 4) is 17.2 Å². The summed E-state index contributed by atoms with van der Waals surface area (Å²) >= 11 is 1.58. The van der Waals surface area contributed by atoms with Gasteiger partial charge in [0.1, 0.15) is 24.2 Å². The first-order chi connectivity index (χ1) is 21.0. The Balaban J connectivity index is 1.13. The third-order valence-corrected chi connectivity index (χ3v) is 8.59. The number of cyclic esters (lactones) is 1. The van der Waals surface area contributed by atoms with Gasteiger partial charge in [0.15, 0.2) is 0 Å². The van der Waals surface area contributed by atoms with Gasteiger partial charge in [0.2, 0.25) is 5.89 Å². The monoisotopic (exact) mass is 596 g/mol. The number of hydrogen-bond donors (Lipinski definition) is 0. The largest absolute Gasteiger partial charge is 0.492 e. The zero-order valence-electron chi connectivity index (χ0n) is 24.0. The zero-order valence-corrected chi connectivity index (χ0v) is 24.8. The van der Waals surface area contributed by atoms with Gasteiger partial charge >= 0.3 is 6.09 Å².